The number of fused-ring (bicyclic) bond motifs is 1. The number of nitrogens with zero attached hydrogens (tertiary/aromatic N) is 4. The molecule has 2 fully saturated rings. The number of nitrogens with one attached hydrogen (secondary N) is 1. The van der Waals surface area contributed by atoms with Gasteiger partial charge in [-0.05, 0) is 51.8 Å². The van der Waals surface area contributed by atoms with Crippen molar-refractivity contribution in [2.24, 2.45) is 10.7 Å². The number of aliphatic imine (C=N–C) groups is 1. The smallest absolute Gasteiger partial charge is 0.180 e. The molecule has 0 amide bonds. The molecule has 2 unspecified atom stereocenters. The van der Waals surface area contributed by atoms with Crippen molar-refractivity contribution in [3.63, 3.8) is 0 Å². The highest BCUT2D eigenvalue weighted by Gasteiger charge is 2.40. The number of amidine groups is 1. The number of nitrogens with two attached hydrogens (primary N) is 1. The third-order valence-electron chi connectivity index (χ3n) is 7.34. The van der Waals surface area contributed by atoms with Crippen LogP contribution in [0.5, 0.6) is 5.75 Å². The fourth-order valence-corrected chi connectivity index (χ4v) is 4.91. The zero-order valence-electron chi connectivity index (χ0n) is 23.0. The summed E-state index contributed by atoms with van der Waals surface area (Å²) >= 11 is 0. The molecule has 1 saturated carbocycles. The van der Waals surface area contributed by atoms with Gasteiger partial charge in [0.1, 0.15) is 22.9 Å². The highest BCUT2D eigenvalue weighted by Crippen LogP contribution is 2.40. The second kappa shape index (κ2) is 11.8. The van der Waals surface area contributed by atoms with Crippen LogP contribution < -0.4 is 10.5 Å². The first kappa shape index (κ1) is 27.4. The maximum atomic E-state index is 6.59. The van der Waals surface area contributed by atoms with Crippen molar-refractivity contribution in [2.45, 2.75) is 57.6 Å². The summed E-state index contributed by atoms with van der Waals surface area (Å²) in [5.74, 6) is 1.69. The van der Waals surface area contributed by atoms with Gasteiger partial charge in [0.15, 0.2) is 6.29 Å². The molecule has 1 aliphatic heterocycles. The number of benzene rings is 1. The first-order valence-corrected chi connectivity index (χ1v) is 13.0. The van der Waals surface area contributed by atoms with Crippen LogP contribution in [0.15, 0.2) is 29.3 Å². The number of hydrogen-bond acceptors (Lipinski definition) is 8. The zero-order valence-corrected chi connectivity index (χ0v) is 23.0. The van der Waals surface area contributed by atoms with Crippen LogP contribution in [0.25, 0.3) is 16.6 Å². The minimum atomic E-state index is -0.334. The zero-order chi connectivity index (χ0) is 26.6. The van der Waals surface area contributed by atoms with Gasteiger partial charge in [0.05, 0.1) is 24.4 Å². The van der Waals surface area contributed by atoms with Gasteiger partial charge in [0, 0.05) is 64.4 Å². The maximum Gasteiger partial charge on any atom is 0.180 e. The molecule has 1 aromatic heterocycles. The second-order valence-electron chi connectivity index (χ2n) is 10.3. The van der Waals surface area contributed by atoms with Crippen LogP contribution in [-0.4, -0.2) is 104 Å². The summed E-state index contributed by atoms with van der Waals surface area (Å²) in [6, 6.07) is 6.65. The second-order valence-corrected chi connectivity index (χ2v) is 10.3. The Bertz CT molecular complexity index is 1100. The van der Waals surface area contributed by atoms with E-state index in [1.807, 2.05) is 31.3 Å². The fourth-order valence-electron chi connectivity index (χ4n) is 4.91. The Kier molecular flexibility index (Phi) is 8.74. The SMILES string of the molecule is CN=C(C=C(N)c1n[nH]c2ccc(OC3(C)CC3)cc12)N1CC(C)N(CCOCC(OC)OC)C(C)C1. The molecule has 3 N–H and O–H groups in total. The van der Waals surface area contributed by atoms with Gasteiger partial charge in [0.25, 0.3) is 0 Å². The van der Waals surface area contributed by atoms with Crippen molar-refractivity contribution in [3.05, 3.63) is 30.0 Å². The van der Waals surface area contributed by atoms with E-state index in [1.165, 1.54) is 0 Å². The molecular weight excluding hydrogens is 472 g/mol. The Labute approximate surface area is 219 Å². The minimum Gasteiger partial charge on any atom is -0.488 e. The number of H-pyrrole nitrogens is 1. The normalized spacial score (nSPS) is 22.7. The molecule has 4 rings (SSSR count). The Morgan fingerprint density at radius 3 is 2.57 bits per heavy atom. The van der Waals surface area contributed by atoms with Gasteiger partial charge in [0.2, 0.25) is 0 Å². The molecule has 10 nitrogen and oxygen atoms in total. The number of hydrogen-bond donors (Lipinski definition) is 2. The Morgan fingerprint density at radius 2 is 1.95 bits per heavy atom. The molecule has 0 spiro atoms. The van der Waals surface area contributed by atoms with Crippen LogP contribution in [0, 0.1) is 0 Å². The van der Waals surface area contributed by atoms with Gasteiger partial charge in [-0.2, -0.15) is 5.10 Å². The lowest BCUT2D eigenvalue weighted by Crippen LogP contribution is -2.58. The van der Waals surface area contributed by atoms with Gasteiger partial charge in [-0.3, -0.25) is 15.0 Å². The molecule has 37 heavy (non-hydrogen) atoms. The number of aromatic nitrogens is 2. The monoisotopic (exact) mass is 514 g/mol. The van der Waals surface area contributed by atoms with Crippen molar-refractivity contribution in [2.75, 3.05) is 54.1 Å². The summed E-state index contributed by atoms with van der Waals surface area (Å²) in [5, 5.41) is 8.54. The standard InChI is InChI=1S/C27H42N6O4/c1-18-15-32(16-19(2)33(18)11-12-36-17-25(34-5)35-6)24(29-4)14-22(28)26-21-13-20(37-27(3)9-10-27)7-8-23(21)30-31-26/h7-8,13-14,18-19,25H,9-12,15-17,28H2,1-6H3,(H,30,31). The molecule has 1 aliphatic carbocycles. The third kappa shape index (κ3) is 6.62. The van der Waals surface area contributed by atoms with E-state index in [4.69, 9.17) is 24.7 Å². The third-order valence-corrected chi connectivity index (χ3v) is 7.34. The summed E-state index contributed by atoms with van der Waals surface area (Å²) in [6.07, 6.45) is 3.76. The van der Waals surface area contributed by atoms with E-state index >= 15 is 0 Å². The van der Waals surface area contributed by atoms with Gasteiger partial charge >= 0.3 is 0 Å². The molecule has 0 bridgehead atoms. The predicted octanol–water partition coefficient (Wildman–Crippen LogP) is 2.85. The van der Waals surface area contributed by atoms with Gasteiger partial charge < -0.3 is 29.6 Å². The van der Waals surface area contributed by atoms with Crippen molar-refractivity contribution < 1.29 is 18.9 Å². The summed E-state index contributed by atoms with van der Waals surface area (Å²) in [5.41, 5.74) is 8.75. The minimum absolute atomic E-state index is 0.0427. The summed E-state index contributed by atoms with van der Waals surface area (Å²) < 4.78 is 22.3. The van der Waals surface area contributed by atoms with Crippen molar-refractivity contribution in [3.8, 4) is 5.75 Å². The van der Waals surface area contributed by atoms with Crippen LogP contribution in [-0.2, 0) is 14.2 Å². The lowest BCUT2D eigenvalue weighted by Gasteiger charge is -2.45. The topological polar surface area (TPSA) is 110 Å². The van der Waals surface area contributed by atoms with Crippen LogP contribution in [0.4, 0.5) is 0 Å². The van der Waals surface area contributed by atoms with Gasteiger partial charge in [-0.25, -0.2) is 0 Å². The van der Waals surface area contributed by atoms with Crippen LogP contribution >= 0.6 is 0 Å². The molecular formula is C27H42N6O4. The van der Waals surface area contributed by atoms with Gasteiger partial charge in [-0.1, -0.05) is 0 Å². The maximum absolute atomic E-state index is 6.59. The van der Waals surface area contributed by atoms with E-state index < -0.39 is 0 Å². The number of methoxy groups -OCH3 is 2. The van der Waals surface area contributed by atoms with E-state index in [1.54, 1.807) is 14.2 Å². The van der Waals surface area contributed by atoms with Crippen LogP contribution in [0.3, 0.4) is 0 Å². The number of ether oxygens (including phenoxy) is 4. The average molecular weight is 515 g/mol. The highest BCUT2D eigenvalue weighted by atomic mass is 16.7. The molecule has 204 valence electrons. The summed E-state index contributed by atoms with van der Waals surface area (Å²) in [7, 11) is 5.04. The van der Waals surface area contributed by atoms with Crippen molar-refractivity contribution >= 4 is 22.4 Å². The van der Waals surface area contributed by atoms with E-state index in [-0.39, 0.29) is 11.9 Å². The molecule has 2 aromatic rings. The Balaban J connectivity index is 1.40. The molecule has 1 aromatic carbocycles. The van der Waals surface area contributed by atoms with Gasteiger partial charge in [-0.15, -0.1) is 0 Å². The van der Waals surface area contributed by atoms with Crippen molar-refractivity contribution in [1.29, 1.82) is 0 Å². The molecule has 10 heteroatoms. The molecule has 2 atom stereocenters. The predicted molar refractivity (Wildman–Crippen MR) is 146 cm³/mol. The first-order valence-electron chi connectivity index (χ1n) is 13.0. The van der Waals surface area contributed by atoms with E-state index in [0.29, 0.717) is 36.7 Å². The molecule has 0 radical (unpaired) electrons. The quantitative estimate of drug-likeness (QED) is 0.204. The molecule has 2 heterocycles. The van der Waals surface area contributed by atoms with Crippen molar-refractivity contribution in [1.82, 2.24) is 20.0 Å². The Morgan fingerprint density at radius 1 is 1.24 bits per heavy atom. The average Bonchev–Trinajstić information content (AvgIpc) is 3.45. The largest absolute Gasteiger partial charge is 0.488 e. The highest BCUT2D eigenvalue weighted by molar-refractivity contribution is 6.01. The number of rotatable bonds is 11. The Hall–Kier alpha value is -2.66. The lowest BCUT2D eigenvalue weighted by molar-refractivity contribution is -0.142. The van der Waals surface area contributed by atoms with E-state index in [0.717, 1.165) is 55.0 Å². The molecule has 1 saturated heterocycles. The van der Waals surface area contributed by atoms with E-state index in [2.05, 4.69) is 45.8 Å². The lowest BCUT2D eigenvalue weighted by atomic mass is 10.1. The number of aromatic amines is 1. The fraction of sp³-hybridized carbons (Fsp3) is 0.630. The number of piperazine rings is 1. The van der Waals surface area contributed by atoms with Crippen LogP contribution in [0.1, 0.15) is 39.3 Å². The van der Waals surface area contributed by atoms with Crippen LogP contribution in [0.2, 0.25) is 0 Å². The molecule has 2 aliphatic rings. The first-order chi connectivity index (χ1) is 17.8. The summed E-state index contributed by atoms with van der Waals surface area (Å²) in [6.45, 7) is 10.2. The van der Waals surface area contributed by atoms with E-state index in [9.17, 15) is 0 Å². The summed E-state index contributed by atoms with van der Waals surface area (Å²) in [4.78, 5) is 9.34.